The normalized spacial score (nSPS) is 21.2. The summed E-state index contributed by atoms with van der Waals surface area (Å²) in [4.78, 5) is 30.4. The van der Waals surface area contributed by atoms with Crippen molar-refractivity contribution in [3.63, 3.8) is 0 Å². The molecule has 3 amide bonds. The number of methoxy groups -OCH3 is 1. The second kappa shape index (κ2) is 8.37. The van der Waals surface area contributed by atoms with E-state index in [9.17, 15) is 9.59 Å². The molecule has 0 bridgehead atoms. The van der Waals surface area contributed by atoms with Gasteiger partial charge < -0.3 is 25.0 Å². The molecule has 2 N–H and O–H groups in total. The average molecular weight is 362 g/mol. The van der Waals surface area contributed by atoms with Crippen molar-refractivity contribution in [1.29, 1.82) is 0 Å². The van der Waals surface area contributed by atoms with Crippen LogP contribution in [0, 0.1) is 0 Å². The summed E-state index contributed by atoms with van der Waals surface area (Å²) in [5.41, 5.74) is 0.781. The lowest BCUT2D eigenvalue weighted by atomic mass is 10.2. The van der Waals surface area contributed by atoms with Gasteiger partial charge in [0.05, 0.1) is 19.8 Å². The molecule has 26 heavy (non-hydrogen) atoms. The monoisotopic (exact) mass is 362 g/mol. The lowest BCUT2D eigenvalue weighted by molar-refractivity contribution is -0.117. The lowest BCUT2D eigenvalue weighted by Crippen LogP contribution is -2.54. The first-order valence-electron chi connectivity index (χ1n) is 8.94. The maximum absolute atomic E-state index is 12.5. The molecule has 2 heterocycles. The first kappa shape index (κ1) is 18.5. The van der Waals surface area contributed by atoms with Crippen molar-refractivity contribution >= 4 is 17.6 Å². The van der Waals surface area contributed by atoms with Crippen molar-refractivity contribution in [2.45, 2.75) is 12.5 Å². The standard InChI is InChI=1S/C18H26N4O4/c1-26-16-4-2-3-15(12-16)22-13-14(11-17(22)24)19-18(25)21-7-5-20(6-8-21)9-10-23/h2-4,12,14,23H,5-11,13H2,1H3,(H,19,25). The number of aliphatic hydroxyl groups is 1. The summed E-state index contributed by atoms with van der Waals surface area (Å²) in [7, 11) is 1.59. The van der Waals surface area contributed by atoms with Gasteiger partial charge in [0.1, 0.15) is 5.75 Å². The summed E-state index contributed by atoms with van der Waals surface area (Å²) in [5, 5.41) is 12.0. The van der Waals surface area contributed by atoms with Crippen LogP contribution in [0.5, 0.6) is 5.75 Å². The highest BCUT2D eigenvalue weighted by Gasteiger charge is 2.33. The Morgan fingerprint density at radius 3 is 2.77 bits per heavy atom. The third-order valence-corrected chi connectivity index (χ3v) is 4.89. The van der Waals surface area contributed by atoms with E-state index < -0.39 is 0 Å². The minimum Gasteiger partial charge on any atom is -0.497 e. The van der Waals surface area contributed by atoms with Crippen LogP contribution >= 0.6 is 0 Å². The number of ether oxygens (including phenoxy) is 1. The number of amides is 3. The molecule has 0 aromatic heterocycles. The first-order chi connectivity index (χ1) is 12.6. The molecule has 1 aromatic carbocycles. The zero-order chi connectivity index (χ0) is 18.5. The third-order valence-electron chi connectivity index (χ3n) is 4.89. The Morgan fingerprint density at radius 2 is 2.08 bits per heavy atom. The number of anilines is 1. The highest BCUT2D eigenvalue weighted by atomic mass is 16.5. The van der Waals surface area contributed by atoms with E-state index >= 15 is 0 Å². The second-order valence-electron chi connectivity index (χ2n) is 6.61. The van der Waals surface area contributed by atoms with Gasteiger partial charge in [-0.15, -0.1) is 0 Å². The molecule has 0 spiro atoms. The molecule has 1 atom stereocenters. The van der Waals surface area contributed by atoms with Gasteiger partial charge in [-0.25, -0.2) is 4.79 Å². The van der Waals surface area contributed by atoms with Gasteiger partial charge in [0.15, 0.2) is 0 Å². The van der Waals surface area contributed by atoms with Gasteiger partial charge in [-0.05, 0) is 12.1 Å². The second-order valence-corrected chi connectivity index (χ2v) is 6.61. The first-order valence-corrected chi connectivity index (χ1v) is 8.94. The summed E-state index contributed by atoms with van der Waals surface area (Å²) >= 11 is 0. The van der Waals surface area contributed by atoms with Gasteiger partial charge in [0.2, 0.25) is 5.91 Å². The molecule has 2 saturated heterocycles. The van der Waals surface area contributed by atoms with Crippen LogP contribution in [0.3, 0.4) is 0 Å². The number of benzene rings is 1. The van der Waals surface area contributed by atoms with E-state index in [0.717, 1.165) is 18.8 Å². The summed E-state index contributed by atoms with van der Waals surface area (Å²) in [6, 6.07) is 7.04. The molecule has 0 saturated carbocycles. The van der Waals surface area contributed by atoms with E-state index in [1.807, 2.05) is 24.3 Å². The third kappa shape index (κ3) is 4.25. The van der Waals surface area contributed by atoms with E-state index in [4.69, 9.17) is 9.84 Å². The predicted octanol–water partition coefficient (Wildman–Crippen LogP) is 0.120. The Hall–Kier alpha value is -2.32. The van der Waals surface area contributed by atoms with E-state index in [-0.39, 0.29) is 24.6 Å². The number of carbonyl (C=O) groups is 2. The average Bonchev–Trinajstić information content (AvgIpc) is 3.02. The molecule has 2 aliphatic rings. The van der Waals surface area contributed by atoms with Gasteiger partial charge in [0.25, 0.3) is 0 Å². The number of aliphatic hydroxyl groups excluding tert-OH is 1. The molecule has 2 fully saturated rings. The molecule has 0 radical (unpaired) electrons. The number of β-amino-alcohol motifs (C(OH)–C–C–N with tert-alkyl or cyclic N) is 1. The summed E-state index contributed by atoms with van der Waals surface area (Å²) < 4.78 is 5.21. The van der Waals surface area contributed by atoms with Crippen LogP contribution in [0.15, 0.2) is 24.3 Å². The Kier molecular flexibility index (Phi) is 5.95. The molecular weight excluding hydrogens is 336 g/mol. The Balaban J connectivity index is 1.53. The van der Waals surface area contributed by atoms with Gasteiger partial charge in [-0.3, -0.25) is 9.69 Å². The number of nitrogens with one attached hydrogen (secondary N) is 1. The Labute approximate surface area is 153 Å². The predicted molar refractivity (Wildman–Crippen MR) is 97.4 cm³/mol. The van der Waals surface area contributed by atoms with Crippen LogP contribution in [0.1, 0.15) is 6.42 Å². The maximum atomic E-state index is 12.5. The van der Waals surface area contributed by atoms with Crippen molar-refractivity contribution < 1.29 is 19.4 Å². The summed E-state index contributed by atoms with van der Waals surface area (Å²) in [6.07, 6.45) is 0.299. The fraction of sp³-hybridized carbons (Fsp3) is 0.556. The van der Waals surface area contributed by atoms with Crippen molar-refractivity contribution in [3.05, 3.63) is 24.3 Å². The van der Waals surface area contributed by atoms with E-state index in [1.54, 1.807) is 16.9 Å². The minimum atomic E-state index is -0.198. The number of hydrogen-bond acceptors (Lipinski definition) is 5. The Morgan fingerprint density at radius 1 is 1.31 bits per heavy atom. The smallest absolute Gasteiger partial charge is 0.317 e. The van der Waals surface area contributed by atoms with Gasteiger partial charge >= 0.3 is 6.03 Å². The van der Waals surface area contributed by atoms with Crippen molar-refractivity contribution in [1.82, 2.24) is 15.1 Å². The van der Waals surface area contributed by atoms with Crippen LogP contribution in [-0.4, -0.2) is 85.9 Å². The quantitative estimate of drug-likeness (QED) is 0.777. The molecule has 1 aromatic rings. The molecule has 2 aliphatic heterocycles. The van der Waals surface area contributed by atoms with E-state index in [1.165, 1.54) is 0 Å². The van der Waals surface area contributed by atoms with Crippen molar-refractivity contribution in [2.75, 3.05) is 57.9 Å². The van der Waals surface area contributed by atoms with Crippen molar-refractivity contribution in [2.24, 2.45) is 0 Å². The molecule has 8 heteroatoms. The number of nitrogens with zero attached hydrogens (tertiary/aromatic N) is 3. The van der Waals surface area contributed by atoms with Crippen LogP contribution < -0.4 is 15.0 Å². The molecule has 8 nitrogen and oxygen atoms in total. The van der Waals surface area contributed by atoms with E-state index in [0.29, 0.717) is 38.3 Å². The lowest BCUT2D eigenvalue weighted by Gasteiger charge is -2.34. The maximum Gasteiger partial charge on any atom is 0.317 e. The van der Waals surface area contributed by atoms with Gasteiger partial charge in [-0.2, -0.15) is 0 Å². The molecule has 142 valence electrons. The summed E-state index contributed by atoms with van der Waals surface area (Å²) in [5.74, 6) is 0.694. The number of rotatable bonds is 5. The van der Waals surface area contributed by atoms with Crippen LogP contribution in [-0.2, 0) is 4.79 Å². The highest BCUT2D eigenvalue weighted by molar-refractivity contribution is 5.97. The van der Waals surface area contributed by atoms with Gasteiger partial charge in [-0.1, -0.05) is 6.07 Å². The number of carbonyl (C=O) groups excluding carboxylic acids is 2. The minimum absolute atomic E-state index is 0.00341. The topological polar surface area (TPSA) is 85.3 Å². The fourth-order valence-electron chi connectivity index (χ4n) is 3.41. The van der Waals surface area contributed by atoms with Crippen LogP contribution in [0.2, 0.25) is 0 Å². The molecule has 1 unspecified atom stereocenters. The Bertz CT molecular complexity index is 646. The molecule has 3 rings (SSSR count). The van der Waals surface area contributed by atoms with Crippen LogP contribution in [0.25, 0.3) is 0 Å². The zero-order valence-corrected chi connectivity index (χ0v) is 15.1. The number of urea groups is 1. The van der Waals surface area contributed by atoms with Crippen molar-refractivity contribution in [3.8, 4) is 5.75 Å². The number of piperazine rings is 1. The zero-order valence-electron chi connectivity index (χ0n) is 15.1. The van der Waals surface area contributed by atoms with E-state index in [2.05, 4.69) is 10.2 Å². The highest BCUT2D eigenvalue weighted by Crippen LogP contribution is 2.25. The largest absolute Gasteiger partial charge is 0.497 e. The molecular formula is C18H26N4O4. The summed E-state index contributed by atoms with van der Waals surface area (Å²) in [6.45, 7) is 4.01. The SMILES string of the molecule is COc1cccc(N2CC(NC(=O)N3CCN(CCO)CC3)CC2=O)c1. The van der Waals surface area contributed by atoms with Crippen LogP contribution in [0.4, 0.5) is 10.5 Å². The van der Waals surface area contributed by atoms with Gasteiger partial charge in [0, 0.05) is 57.4 Å². The fourth-order valence-corrected chi connectivity index (χ4v) is 3.41. The number of hydrogen-bond donors (Lipinski definition) is 2. The molecule has 0 aliphatic carbocycles.